The minimum atomic E-state index is 0.235. The molecule has 0 fully saturated rings. The van der Waals surface area contributed by atoms with Gasteiger partial charge in [0.15, 0.2) is 22.7 Å². The van der Waals surface area contributed by atoms with E-state index in [1.807, 2.05) is 47.0 Å². The molecule has 0 aliphatic carbocycles. The Labute approximate surface area is 159 Å². The minimum Gasteiger partial charge on any atom is -0.454 e. The number of ether oxygens (including phenoxy) is 2. The lowest BCUT2D eigenvalue weighted by atomic mass is 10.0. The Morgan fingerprint density at radius 1 is 1.11 bits per heavy atom. The summed E-state index contributed by atoms with van der Waals surface area (Å²) in [7, 11) is 0. The molecule has 6 heteroatoms. The molecule has 0 atom stereocenters. The summed E-state index contributed by atoms with van der Waals surface area (Å²) in [5.41, 5.74) is 6.42. The number of carbonyl (C=O) groups excluding carboxylic acids is 1. The topological polar surface area (TPSA) is 52.8 Å². The third kappa shape index (κ3) is 2.44. The molecule has 0 unspecified atom stereocenters. The van der Waals surface area contributed by atoms with Crippen LogP contribution in [0.1, 0.15) is 21.6 Å². The largest absolute Gasteiger partial charge is 0.454 e. The van der Waals surface area contributed by atoms with E-state index in [4.69, 9.17) is 14.5 Å². The Morgan fingerprint density at radius 3 is 2.78 bits per heavy atom. The van der Waals surface area contributed by atoms with E-state index in [1.165, 1.54) is 16.9 Å². The van der Waals surface area contributed by atoms with Gasteiger partial charge in [-0.15, -0.1) is 11.3 Å². The molecule has 0 spiro atoms. The number of fused-ring (bicyclic) bond motifs is 2. The molecule has 5 nitrogen and oxygen atoms in total. The summed E-state index contributed by atoms with van der Waals surface area (Å²) in [6, 6.07) is 12.0. The van der Waals surface area contributed by atoms with E-state index >= 15 is 0 Å². The Morgan fingerprint density at radius 2 is 1.96 bits per heavy atom. The second-order valence-corrected chi connectivity index (χ2v) is 7.43. The first kappa shape index (κ1) is 16.1. The number of carbonyl (C=O) groups is 1. The first-order valence-corrected chi connectivity index (χ1v) is 9.46. The van der Waals surface area contributed by atoms with Crippen LogP contribution in [0, 0.1) is 13.8 Å². The van der Waals surface area contributed by atoms with E-state index in [0.29, 0.717) is 11.4 Å². The van der Waals surface area contributed by atoms with Crippen molar-refractivity contribution in [3.63, 3.8) is 0 Å². The molecule has 0 radical (unpaired) electrons. The van der Waals surface area contributed by atoms with Gasteiger partial charge < -0.3 is 9.47 Å². The number of aldehydes is 1. The molecule has 3 heterocycles. The fourth-order valence-corrected chi connectivity index (χ4v) is 4.43. The van der Waals surface area contributed by atoms with Crippen LogP contribution in [0.25, 0.3) is 27.5 Å². The van der Waals surface area contributed by atoms with Crippen LogP contribution in [0.4, 0.5) is 0 Å². The smallest absolute Gasteiger partial charge is 0.231 e. The number of benzene rings is 2. The van der Waals surface area contributed by atoms with Crippen LogP contribution in [0.3, 0.4) is 0 Å². The molecule has 1 aliphatic heterocycles. The van der Waals surface area contributed by atoms with Gasteiger partial charge in [0.1, 0.15) is 11.4 Å². The Hall–Kier alpha value is -3.12. The summed E-state index contributed by atoms with van der Waals surface area (Å²) >= 11 is 1.52. The lowest BCUT2D eigenvalue weighted by Crippen LogP contribution is -1.95. The monoisotopic (exact) mass is 376 g/mol. The SMILES string of the molecule is Cc1ccc(-c2nc3scc(-c4ccc5c(c4)OCO5)n3c2C=O)c(C)c1. The zero-order chi connectivity index (χ0) is 18.5. The summed E-state index contributed by atoms with van der Waals surface area (Å²) in [6.07, 6.45) is 0.887. The quantitative estimate of drug-likeness (QED) is 0.478. The van der Waals surface area contributed by atoms with Crippen LogP contribution in [0.2, 0.25) is 0 Å². The van der Waals surface area contributed by atoms with Crippen molar-refractivity contribution in [2.75, 3.05) is 6.79 Å². The Bertz CT molecular complexity index is 1210. The first-order valence-electron chi connectivity index (χ1n) is 8.58. The number of aryl methyl sites for hydroxylation is 2. The third-order valence-electron chi connectivity index (χ3n) is 4.82. The number of aromatic nitrogens is 2. The average molecular weight is 376 g/mol. The van der Waals surface area contributed by atoms with Crippen molar-refractivity contribution < 1.29 is 14.3 Å². The molecule has 4 aromatic rings. The van der Waals surface area contributed by atoms with E-state index in [1.54, 1.807) is 0 Å². The van der Waals surface area contributed by atoms with Gasteiger partial charge in [-0.1, -0.05) is 23.8 Å². The van der Waals surface area contributed by atoms with Crippen molar-refractivity contribution in [1.82, 2.24) is 9.38 Å². The predicted octanol–water partition coefficient (Wildman–Crippen LogP) is 4.89. The second-order valence-electron chi connectivity index (χ2n) is 6.59. The molecule has 0 saturated carbocycles. The van der Waals surface area contributed by atoms with E-state index in [2.05, 4.69) is 13.0 Å². The number of hydrogen-bond donors (Lipinski definition) is 0. The van der Waals surface area contributed by atoms with Gasteiger partial charge in [0, 0.05) is 16.5 Å². The summed E-state index contributed by atoms with van der Waals surface area (Å²) in [6.45, 7) is 4.34. The zero-order valence-electron chi connectivity index (χ0n) is 14.9. The molecule has 1 aliphatic rings. The molecule has 0 saturated heterocycles. The molecule has 0 bridgehead atoms. The van der Waals surface area contributed by atoms with Gasteiger partial charge in [-0.2, -0.15) is 0 Å². The van der Waals surface area contributed by atoms with Gasteiger partial charge in [0.25, 0.3) is 0 Å². The zero-order valence-corrected chi connectivity index (χ0v) is 15.7. The molecular formula is C21H16N2O3S. The summed E-state index contributed by atoms with van der Waals surface area (Å²) in [4.78, 5) is 17.6. The number of hydrogen-bond acceptors (Lipinski definition) is 5. The number of rotatable bonds is 3. The van der Waals surface area contributed by atoms with Gasteiger partial charge in [-0.3, -0.25) is 9.20 Å². The highest BCUT2D eigenvalue weighted by atomic mass is 32.1. The van der Waals surface area contributed by atoms with Crippen LogP contribution in [0.15, 0.2) is 41.8 Å². The molecule has 2 aromatic heterocycles. The third-order valence-corrected chi connectivity index (χ3v) is 5.64. The lowest BCUT2D eigenvalue weighted by molar-refractivity contribution is 0.111. The van der Waals surface area contributed by atoms with Crippen LogP contribution in [-0.4, -0.2) is 22.5 Å². The van der Waals surface area contributed by atoms with Crippen LogP contribution in [-0.2, 0) is 0 Å². The van der Waals surface area contributed by atoms with Crippen molar-refractivity contribution in [1.29, 1.82) is 0 Å². The van der Waals surface area contributed by atoms with Crippen molar-refractivity contribution >= 4 is 22.6 Å². The summed E-state index contributed by atoms with van der Waals surface area (Å²) in [5.74, 6) is 1.46. The fourth-order valence-electron chi connectivity index (χ4n) is 3.52. The molecule has 2 aromatic carbocycles. The van der Waals surface area contributed by atoms with Gasteiger partial charge in [-0.05, 0) is 37.6 Å². The highest BCUT2D eigenvalue weighted by Gasteiger charge is 2.21. The lowest BCUT2D eigenvalue weighted by Gasteiger charge is -2.06. The van der Waals surface area contributed by atoms with Gasteiger partial charge >= 0.3 is 0 Å². The van der Waals surface area contributed by atoms with E-state index in [9.17, 15) is 4.79 Å². The second kappa shape index (κ2) is 5.96. The standard InChI is InChI=1S/C21H16N2O3S/c1-12-3-5-15(13(2)7-12)20-16(9-24)23-17(10-27-21(23)22-20)14-4-6-18-19(8-14)26-11-25-18/h3-10H,11H2,1-2H3. The number of imidazole rings is 1. The van der Waals surface area contributed by atoms with Gasteiger partial charge in [0.2, 0.25) is 6.79 Å². The summed E-state index contributed by atoms with van der Waals surface area (Å²) < 4.78 is 12.8. The van der Waals surface area contributed by atoms with Crippen LogP contribution >= 0.6 is 11.3 Å². The van der Waals surface area contributed by atoms with Gasteiger partial charge in [0.05, 0.1) is 5.69 Å². The average Bonchev–Trinajstić information content (AvgIpc) is 3.35. The maximum Gasteiger partial charge on any atom is 0.231 e. The highest BCUT2D eigenvalue weighted by molar-refractivity contribution is 7.15. The van der Waals surface area contributed by atoms with Gasteiger partial charge in [-0.25, -0.2) is 4.98 Å². The molecule has 0 N–H and O–H groups in total. The predicted molar refractivity (Wildman–Crippen MR) is 105 cm³/mol. The Balaban J connectivity index is 1.72. The highest BCUT2D eigenvalue weighted by Crippen LogP contribution is 2.38. The van der Waals surface area contributed by atoms with E-state index in [-0.39, 0.29) is 6.79 Å². The van der Waals surface area contributed by atoms with Crippen LogP contribution < -0.4 is 9.47 Å². The van der Waals surface area contributed by atoms with Crippen LogP contribution in [0.5, 0.6) is 11.5 Å². The maximum absolute atomic E-state index is 12.0. The molecule has 27 heavy (non-hydrogen) atoms. The van der Waals surface area contributed by atoms with E-state index in [0.717, 1.165) is 45.1 Å². The molecule has 5 rings (SSSR count). The van der Waals surface area contributed by atoms with Crippen molar-refractivity contribution in [2.24, 2.45) is 0 Å². The molecule has 134 valence electrons. The van der Waals surface area contributed by atoms with E-state index < -0.39 is 0 Å². The Kier molecular flexibility index (Phi) is 3.55. The fraction of sp³-hybridized carbons (Fsp3) is 0.143. The number of nitrogens with zero attached hydrogens (tertiary/aromatic N) is 2. The molecular weight excluding hydrogens is 360 g/mol. The van der Waals surface area contributed by atoms with Crippen molar-refractivity contribution in [2.45, 2.75) is 13.8 Å². The summed E-state index contributed by atoms with van der Waals surface area (Å²) in [5, 5.41) is 2.01. The normalized spacial score (nSPS) is 12.7. The molecule has 0 amide bonds. The van der Waals surface area contributed by atoms with Crippen molar-refractivity contribution in [3.05, 3.63) is 58.6 Å². The number of thiazole rings is 1. The minimum absolute atomic E-state index is 0.235. The first-order chi connectivity index (χ1) is 13.2. The maximum atomic E-state index is 12.0. The van der Waals surface area contributed by atoms with Crippen molar-refractivity contribution in [3.8, 4) is 34.0 Å².